The van der Waals surface area contributed by atoms with E-state index in [0.717, 1.165) is 43.6 Å². The predicted molar refractivity (Wildman–Crippen MR) is 112 cm³/mol. The van der Waals surface area contributed by atoms with Crippen molar-refractivity contribution in [1.29, 1.82) is 0 Å². The zero-order valence-corrected chi connectivity index (χ0v) is 17.2. The first-order chi connectivity index (χ1) is 14.1. The Morgan fingerprint density at radius 2 is 1.72 bits per heavy atom. The zero-order chi connectivity index (χ0) is 20.2. The molecule has 2 aromatic heterocycles. The average Bonchev–Trinajstić information content (AvgIpc) is 2.79. The first-order valence-corrected chi connectivity index (χ1v) is 10.3. The number of piperidine rings is 1. The van der Waals surface area contributed by atoms with Gasteiger partial charge in [-0.2, -0.15) is 4.98 Å². The Hall–Kier alpha value is -2.90. The average molecular weight is 396 g/mol. The second-order valence-electron chi connectivity index (χ2n) is 7.58. The monoisotopic (exact) mass is 396 g/mol. The molecule has 0 N–H and O–H groups in total. The number of aryl methyl sites for hydroxylation is 1. The number of carbonyl (C=O) groups is 1. The molecule has 154 valence electrons. The van der Waals surface area contributed by atoms with Gasteiger partial charge in [-0.15, -0.1) is 0 Å². The molecule has 1 amide bonds. The van der Waals surface area contributed by atoms with E-state index >= 15 is 0 Å². The summed E-state index contributed by atoms with van der Waals surface area (Å²) >= 11 is 0. The molecule has 0 bridgehead atoms. The number of amides is 1. The van der Waals surface area contributed by atoms with Gasteiger partial charge in [0.05, 0.1) is 7.11 Å². The molecule has 4 rings (SSSR count). The molecule has 0 unspecified atom stereocenters. The molecule has 8 nitrogen and oxygen atoms in total. The summed E-state index contributed by atoms with van der Waals surface area (Å²) in [5, 5.41) is 0. The van der Waals surface area contributed by atoms with Gasteiger partial charge in [0.1, 0.15) is 5.82 Å². The predicted octanol–water partition coefficient (Wildman–Crippen LogP) is 2.14. The van der Waals surface area contributed by atoms with Gasteiger partial charge in [-0.3, -0.25) is 4.79 Å². The van der Waals surface area contributed by atoms with Crippen molar-refractivity contribution in [1.82, 2.24) is 19.9 Å². The van der Waals surface area contributed by atoms with Crippen LogP contribution in [-0.2, 0) is 0 Å². The van der Waals surface area contributed by atoms with Gasteiger partial charge in [-0.05, 0) is 32.3 Å². The van der Waals surface area contributed by atoms with E-state index in [4.69, 9.17) is 9.72 Å². The molecule has 2 aliphatic rings. The van der Waals surface area contributed by atoms with E-state index < -0.39 is 0 Å². The number of piperazine rings is 1. The van der Waals surface area contributed by atoms with Gasteiger partial charge < -0.3 is 19.4 Å². The molecule has 29 heavy (non-hydrogen) atoms. The molecule has 4 heterocycles. The number of pyridine rings is 1. The summed E-state index contributed by atoms with van der Waals surface area (Å²) in [4.78, 5) is 32.8. The SMILES string of the molecule is COc1cc(C(=O)N2CCN(c3cc(C)nc(N4CCCCC4)n3)CC2)ccn1. The fraction of sp³-hybridized carbons (Fsp3) is 0.524. The van der Waals surface area contributed by atoms with Crippen LogP contribution >= 0.6 is 0 Å². The summed E-state index contributed by atoms with van der Waals surface area (Å²) in [6.07, 6.45) is 5.29. The zero-order valence-electron chi connectivity index (χ0n) is 17.2. The summed E-state index contributed by atoms with van der Waals surface area (Å²) in [6, 6.07) is 5.46. The molecule has 0 aliphatic carbocycles. The third-order valence-electron chi connectivity index (χ3n) is 5.55. The second-order valence-corrected chi connectivity index (χ2v) is 7.58. The van der Waals surface area contributed by atoms with Gasteiger partial charge in [0.15, 0.2) is 0 Å². The van der Waals surface area contributed by atoms with Gasteiger partial charge in [0, 0.05) is 68.9 Å². The van der Waals surface area contributed by atoms with Crippen LogP contribution in [-0.4, -0.2) is 72.1 Å². The van der Waals surface area contributed by atoms with Crippen molar-refractivity contribution < 1.29 is 9.53 Å². The molecule has 8 heteroatoms. The molecule has 0 spiro atoms. The number of methoxy groups -OCH3 is 1. The molecule has 2 aliphatic heterocycles. The lowest BCUT2D eigenvalue weighted by Crippen LogP contribution is -2.49. The normalized spacial score (nSPS) is 17.4. The van der Waals surface area contributed by atoms with E-state index in [1.54, 1.807) is 25.4 Å². The Kier molecular flexibility index (Phi) is 5.78. The van der Waals surface area contributed by atoms with E-state index in [2.05, 4.69) is 19.8 Å². The number of anilines is 2. The van der Waals surface area contributed by atoms with E-state index in [9.17, 15) is 4.79 Å². The Morgan fingerprint density at radius 3 is 2.45 bits per heavy atom. The van der Waals surface area contributed by atoms with Crippen molar-refractivity contribution in [3.63, 3.8) is 0 Å². The summed E-state index contributed by atoms with van der Waals surface area (Å²) in [6.45, 7) is 6.90. The molecule has 2 fully saturated rings. The van der Waals surface area contributed by atoms with Gasteiger partial charge in [0.2, 0.25) is 11.8 Å². The molecule has 0 aromatic carbocycles. The van der Waals surface area contributed by atoms with Crippen LogP contribution in [0.15, 0.2) is 24.4 Å². The highest BCUT2D eigenvalue weighted by Gasteiger charge is 2.24. The van der Waals surface area contributed by atoms with Gasteiger partial charge in [0.25, 0.3) is 5.91 Å². The van der Waals surface area contributed by atoms with Crippen molar-refractivity contribution in [2.45, 2.75) is 26.2 Å². The quantitative estimate of drug-likeness (QED) is 0.784. The molecule has 0 radical (unpaired) electrons. The lowest BCUT2D eigenvalue weighted by atomic mass is 10.1. The number of hydrogen-bond acceptors (Lipinski definition) is 7. The van der Waals surface area contributed by atoms with E-state index in [0.29, 0.717) is 24.5 Å². The highest BCUT2D eigenvalue weighted by atomic mass is 16.5. The number of ether oxygens (including phenoxy) is 1. The largest absolute Gasteiger partial charge is 0.481 e. The Bertz CT molecular complexity index is 860. The van der Waals surface area contributed by atoms with Crippen LogP contribution < -0.4 is 14.5 Å². The van der Waals surface area contributed by atoms with Gasteiger partial charge in [-0.25, -0.2) is 9.97 Å². The van der Waals surface area contributed by atoms with Crippen LogP contribution in [0.25, 0.3) is 0 Å². The maximum atomic E-state index is 12.8. The maximum Gasteiger partial charge on any atom is 0.254 e. The van der Waals surface area contributed by atoms with E-state index in [-0.39, 0.29) is 5.91 Å². The van der Waals surface area contributed by atoms with Gasteiger partial charge in [-0.1, -0.05) is 0 Å². The highest BCUT2D eigenvalue weighted by molar-refractivity contribution is 5.94. The number of rotatable bonds is 4. The fourth-order valence-corrected chi connectivity index (χ4v) is 3.91. The third kappa shape index (κ3) is 4.41. The molecule has 2 saturated heterocycles. The summed E-state index contributed by atoms with van der Waals surface area (Å²) in [7, 11) is 1.55. The Labute approximate surface area is 171 Å². The first-order valence-electron chi connectivity index (χ1n) is 10.3. The first kappa shape index (κ1) is 19.4. The lowest BCUT2D eigenvalue weighted by Gasteiger charge is -2.36. The summed E-state index contributed by atoms with van der Waals surface area (Å²) in [5.74, 6) is 2.26. The van der Waals surface area contributed by atoms with Crippen LogP contribution in [0.4, 0.5) is 11.8 Å². The fourth-order valence-electron chi connectivity index (χ4n) is 3.91. The van der Waals surface area contributed by atoms with Crippen LogP contribution in [0.5, 0.6) is 5.88 Å². The van der Waals surface area contributed by atoms with Crippen LogP contribution in [0, 0.1) is 6.92 Å². The molecular weight excluding hydrogens is 368 g/mol. The van der Waals surface area contributed by atoms with E-state index in [1.807, 2.05) is 17.9 Å². The third-order valence-corrected chi connectivity index (χ3v) is 5.55. The molecular formula is C21H28N6O2. The maximum absolute atomic E-state index is 12.8. The number of carbonyl (C=O) groups excluding carboxylic acids is 1. The van der Waals surface area contributed by atoms with Gasteiger partial charge >= 0.3 is 0 Å². The Balaban J connectivity index is 1.42. The summed E-state index contributed by atoms with van der Waals surface area (Å²) in [5.41, 5.74) is 1.59. The molecule has 0 saturated carbocycles. The van der Waals surface area contributed by atoms with Crippen LogP contribution in [0.1, 0.15) is 35.3 Å². The number of nitrogens with zero attached hydrogens (tertiary/aromatic N) is 6. The van der Waals surface area contributed by atoms with Crippen molar-refractivity contribution in [3.8, 4) is 5.88 Å². The lowest BCUT2D eigenvalue weighted by molar-refractivity contribution is 0.0746. The minimum absolute atomic E-state index is 0.0122. The van der Waals surface area contributed by atoms with E-state index in [1.165, 1.54) is 19.3 Å². The molecule has 2 aromatic rings. The Morgan fingerprint density at radius 1 is 0.966 bits per heavy atom. The van der Waals surface area contributed by atoms with Crippen molar-refractivity contribution in [2.24, 2.45) is 0 Å². The smallest absolute Gasteiger partial charge is 0.254 e. The standard InChI is InChI=1S/C21H28N6O2/c1-16-14-18(24-21(23-16)27-8-4-3-5-9-27)25-10-12-26(13-11-25)20(28)17-6-7-22-19(15-17)29-2/h6-7,14-15H,3-5,8-13H2,1-2H3. The minimum Gasteiger partial charge on any atom is -0.481 e. The van der Waals surface area contributed by atoms with Crippen molar-refractivity contribution in [2.75, 3.05) is 56.2 Å². The minimum atomic E-state index is 0.0122. The number of aromatic nitrogens is 3. The molecule has 0 atom stereocenters. The topological polar surface area (TPSA) is 74.7 Å². The number of hydrogen-bond donors (Lipinski definition) is 0. The van der Waals surface area contributed by atoms with Crippen LogP contribution in [0.2, 0.25) is 0 Å². The second kappa shape index (κ2) is 8.63. The van der Waals surface area contributed by atoms with Crippen molar-refractivity contribution in [3.05, 3.63) is 35.7 Å². The highest BCUT2D eigenvalue weighted by Crippen LogP contribution is 2.22. The van der Waals surface area contributed by atoms with Crippen molar-refractivity contribution >= 4 is 17.7 Å². The summed E-state index contributed by atoms with van der Waals surface area (Å²) < 4.78 is 5.13. The van der Waals surface area contributed by atoms with Crippen LogP contribution in [0.3, 0.4) is 0 Å².